The van der Waals surface area contributed by atoms with Gasteiger partial charge < -0.3 is 10.1 Å². The minimum Gasteiger partial charge on any atom is -0.447 e. The number of amides is 1. The van der Waals surface area contributed by atoms with Gasteiger partial charge in [0.2, 0.25) is 16.1 Å². The van der Waals surface area contributed by atoms with Gasteiger partial charge in [0, 0.05) is 17.8 Å². The topological polar surface area (TPSA) is 102 Å². The summed E-state index contributed by atoms with van der Waals surface area (Å²) in [6, 6.07) is 20.8. The second-order valence-corrected chi connectivity index (χ2v) is 9.82. The van der Waals surface area contributed by atoms with E-state index >= 15 is 0 Å². The van der Waals surface area contributed by atoms with Crippen molar-refractivity contribution in [3.63, 3.8) is 0 Å². The zero-order valence-corrected chi connectivity index (χ0v) is 20.2. The van der Waals surface area contributed by atoms with Crippen LogP contribution >= 0.6 is 0 Å². The highest BCUT2D eigenvalue weighted by Gasteiger charge is 2.26. The molecule has 178 valence electrons. The Balaban J connectivity index is 1.66. The molecular weight excluding hydrogens is 452 g/mol. The van der Waals surface area contributed by atoms with E-state index in [1.807, 2.05) is 39.0 Å². The number of carbonyl (C=O) groups excluding carboxylic acids is 2. The highest BCUT2D eigenvalue weighted by Crippen LogP contribution is 2.23. The zero-order valence-electron chi connectivity index (χ0n) is 19.4. The number of nitrogens with one attached hydrogen (secondary N) is 2. The van der Waals surface area contributed by atoms with E-state index in [0.717, 1.165) is 16.7 Å². The maximum atomic E-state index is 13.1. The molecule has 0 fully saturated rings. The van der Waals surface area contributed by atoms with E-state index in [2.05, 4.69) is 10.0 Å². The Kier molecular flexibility index (Phi) is 8.20. The molecule has 2 N–H and O–H groups in total. The van der Waals surface area contributed by atoms with E-state index in [1.165, 1.54) is 12.1 Å². The number of esters is 1. The van der Waals surface area contributed by atoms with Gasteiger partial charge in [-0.25, -0.2) is 13.1 Å². The van der Waals surface area contributed by atoms with Crippen molar-refractivity contribution < 1.29 is 22.7 Å². The first kappa shape index (κ1) is 25.1. The summed E-state index contributed by atoms with van der Waals surface area (Å²) in [6.07, 6.45) is -1.41. The van der Waals surface area contributed by atoms with Crippen molar-refractivity contribution in [2.75, 3.05) is 11.9 Å². The third-order valence-corrected chi connectivity index (χ3v) is 6.67. The quantitative estimate of drug-likeness (QED) is 0.447. The summed E-state index contributed by atoms with van der Waals surface area (Å²) in [5.74, 6) is -1.19. The fourth-order valence-electron chi connectivity index (χ4n) is 3.25. The van der Waals surface area contributed by atoms with Crippen LogP contribution in [-0.4, -0.2) is 26.8 Å². The summed E-state index contributed by atoms with van der Waals surface area (Å²) in [4.78, 5) is 25.7. The summed E-state index contributed by atoms with van der Waals surface area (Å²) in [7, 11) is -3.76. The van der Waals surface area contributed by atoms with Gasteiger partial charge in [-0.05, 0) is 50.1 Å². The number of hydrogen-bond acceptors (Lipinski definition) is 5. The van der Waals surface area contributed by atoms with Crippen LogP contribution in [0, 0.1) is 20.8 Å². The first-order chi connectivity index (χ1) is 16.2. The van der Waals surface area contributed by atoms with E-state index in [1.54, 1.807) is 42.5 Å². The van der Waals surface area contributed by atoms with E-state index in [9.17, 15) is 18.0 Å². The van der Waals surface area contributed by atoms with Crippen LogP contribution in [-0.2, 0) is 24.3 Å². The molecule has 3 rings (SSSR count). The monoisotopic (exact) mass is 480 g/mol. The number of carbonyl (C=O) groups is 2. The number of aryl methyl sites for hydroxylation is 3. The predicted molar refractivity (Wildman–Crippen MR) is 131 cm³/mol. The molecule has 7 nitrogen and oxygen atoms in total. The number of anilines is 1. The molecule has 0 saturated heterocycles. The first-order valence-electron chi connectivity index (χ1n) is 10.8. The van der Waals surface area contributed by atoms with E-state index < -0.39 is 28.0 Å². The van der Waals surface area contributed by atoms with E-state index in [0.29, 0.717) is 11.3 Å². The van der Waals surface area contributed by atoms with Gasteiger partial charge in [0.15, 0.2) is 0 Å². The van der Waals surface area contributed by atoms with Crippen molar-refractivity contribution in [2.45, 2.75) is 38.2 Å². The number of hydrogen-bond donors (Lipinski definition) is 2. The van der Waals surface area contributed by atoms with E-state index in [-0.39, 0.29) is 17.9 Å². The van der Waals surface area contributed by atoms with Crippen LogP contribution in [0.15, 0.2) is 77.7 Å². The van der Waals surface area contributed by atoms with Crippen LogP contribution in [0.2, 0.25) is 0 Å². The standard InChI is InChI=1S/C26H28N2O5S/c1-18-10-13-22(14-11-18)34(31,32)27-16-15-24(29)33-25(21-7-5-4-6-8-21)26(30)28-23-17-19(2)9-12-20(23)3/h4-14,17,25,27H,15-16H2,1-3H3,(H,28,30). The average Bonchev–Trinajstić information content (AvgIpc) is 2.80. The van der Waals surface area contributed by atoms with Crippen molar-refractivity contribution >= 4 is 27.6 Å². The Morgan fingerprint density at radius 1 is 0.882 bits per heavy atom. The number of ether oxygens (including phenoxy) is 1. The third-order valence-electron chi connectivity index (χ3n) is 5.19. The Hall–Kier alpha value is -3.49. The van der Waals surface area contributed by atoms with Gasteiger partial charge in [-0.3, -0.25) is 9.59 Å². The molecule has 0 heterocycles. The molecule has 3 aromatic rings. The normalized spacial score (nSPS) is 12.1. The van der Waals surface area contributed by atoms with Gasteiger partial charge in [-0.1, -0.05) is 60.2 Å². The molecule has 1 atom stereocenters. The second kappa shape index (κ2) is 11.1. The Bertz CT molecular complexity index is 1260. The molecule has 0 aliphatic carbocycles. The van der Waals surface area contributed by atoms with Crippen molar-refractivity contribution in [2.24, 2.45) is 0 Å². The van der Waals surface area contributed by atoms with Gasteiger partial charge in [0.1, 0.15) is 0 Å². The molecule has 0 aliphatic rings. The van der Waals surface area contributed by atoms with Crippen LogP contribution in [0.1, 0.15) is 34.8 Å². The highest BCUT2D eigenvalue weighted by molar-refractivity contribution is 7.89. The third kappa shape index (κ3) is 6.76. The molecular formula is C26H28N2O5S. The SMILES string of the molecule is Cc1ccc(S(=O)(=O)NCCC(=O)OC(C(=O)Nc2cc(C)ccc2C)c2ccccc2)cc1. The van der Waals surface area contributed by atoms with Crippen LogP contribution in [0.3, 0.4) is 0 Å². The molecule has 1 unspecified atom stereocenters. The van der Waals surface area contributed by atoms with Crippen LogP contribution in [0.5, 0.6) is 0 Å². The Morgan fingerprint density at radius 3 is 2.21 bits per heavy atom. The summed E-state index contributed by atoms with van der Waals surface area (Å²) >= 11 is 0. The van der Waals surface area contributed by atoms with Crippen LogP contribution in [0.4, 0.5) is 5.69 Å². The fourth-order valence-corrected chi connectivity index (χ4v) is 4.28. The number of rotatable bonds is 9. The summed E-state index contributed by atoms with van der Waals surface area (Å²) in [5.41, 5.74) is 3.94. The van der Waals surface area contributed by atoms with E-state index in [4.69, 9.17) is 4.74 Å². The van der Waals surface area contributed by atoms with Crippen molar-refractivity contribution in [3.05, 3.63) is 95.1 Å². The molecule has 3 aromatic carbocycles. The van der Waals surface area contributed by atoms with Crippen LogP contribution in [0.25, 0.3) is 0 Å². The first-order valence-corrected chi connectivity index (χ1v) is 12.3. The highest BCUT2D eigenvalue weighted by atomic mass is 32.2. The van der Waals surface area contributed by atoms with Crippen molar-refractivity contribution in [1.29, 1.82) is 0 Å². The largest absolute Gasteiger partial charge is 0.447 e. The molecule has 8 heteroatoms. The minimum atomic E-state index is -3.76. The smallest absolute Gasteiger partial charge is 0.308 e. The molecule has 0 aliphatic heterocycles. The Morgan fingerprint density at radius 2 is 1.53 bits per heavy atom. The lowest BCUT2D eigenvalue weighted by atomic mass is 10.1. The summed E-state index contributed by atoms with van der Waals surface area (Å²) < 4.78 is 32.7. The lowest BCUT2D eigenvalue weighted by Gasteiger charge is -2.19. The summed E-state index contributed by atoms with van der Waals surface area (Å²) in [6.45, 7) is 5.49. The average molecular weight is 481 g/mol. The Labute approximate surface area is 200 Å². The molecule has 0 radical (unpaired) electrons. The lowest BCUT2D eigenvalue weighted by molar-refractivity contribution is -0.154. The lowest BCUT2D eigenvalue weighted by Crippen LogP contribution is -2.29. The summed E-state index contributed by atoms with van der Waals surface area (Å²) in [5, 5.41) is 2.83. The van der Waals surface area contributed by atoms with Gasteiger partial charge in [-0.2, -0.15) is 0 Å². The predicted octanol–water partition coefficient (Wildman–Crippen LogP) is 4.20. The van der Waals surface area contributed by atoms with Gasteiger partial charge in [-0.15, -0.1) is 0 Å². The van der Waals surface area contributed by atoms with Crippen LogP contribution < -0.4 is 10.0 Å². The van der Waals surface area contributed by atoms with Gasteiger partial charge in [0.05, 0.1) is 11.3 Å². The molecule has 0 saturated carbocycles. The minimum absolute atomic E-state index is 0.113. The fraction of sp³-hybridized carbons (Fsp3) is 0.231. The molecule has 0 aromatic heterocycles. The van der Waals surface area contributed by atoms with Crippen molar-refractivity contribution in [1.82, 2.24) is 4.72 Å². The van der Waals surface area contributed by atoms with Crippen molar-refractivity contribution in [3.8, 4) is 0 Å². The second-order valence-electron chi connectivity index (χ2n) is 8.05. The molecule has 0 bridgehead atoms. The molecule has 34 heavy (non-hydrogen) atoms. The molecule has 1 amide bonds. The number of sulfonamides is 1. The van der Waals surface area contributed by atoms with Gasteiger partial charge >= 0.3 is 5.97 Å². The molecule has 0 spiro atoms. The van der Waals surface area contributed by atoms with Gasteiger partial charge in [0.25, 0.3) is 5.91 Å². The number of benzene rings is 3. The maximum absolute atomic E-state index is 13.1. The zero-order chi connectivity index (χ0) is 24.7. The maximum Gasteiger partial charge on any atom is 0.308 e.